The van der Waals surface area contributed by atoms with Crippen molar-refractivity contribution in [1.82, 2.24) is 10.0 Å². The molecule has 0 N–H and O–H groups in total. The van der Waals surface area contributed by atoms with Gasteiger partial charge in [-0.2, -0.15) is 5.01 Å². The Morgan fingerprint density at radius 3 is 1.95 bits per heavy atom. The van der Waals surface area contributed by atoms with Crippen LogP contribution in [0.25, 0.3) is 0 Å². The monoisotopic (exact) mass is 628 g/mol. The predicted octanol–water partition coefficient (Wildman–Crippen LogP) is 5.81. The van der Waals surface area contributed by atoms with Gasteiger partial charge in [-0.25, -0.2) is 9.80 Å². The molecular formula is C34H26Cl2N2O6. The molecule has 8 nitrogen and oxygen atoms in total. The summed E-state index contributed by atoms with van der Waals surface area (Å²) in [4.78, 5) is 67.7. The Kier molecular flexibility index (Phi) is 6.94. The van der Waals surface area contributed by atoms with Gasteiger partial charge in [-0.1, -0.05) is 53.1 Å². The molecule has 222 valence electrons. The Balaban J connectivity index is 1.15. The van der Waals surface area contributed by atoms with E-state index in [4.69, 9.17) is 27.9 Å². The first-order chi connectivity index (χ1) is 21.1. The highest BCUT2D eigenvalue weighted by Crippen LogP contribution is 2.65. The lowest BCUT2D eigenvalue weighted by molar-refractivity contribution is -0.154. The van der Waals surface area contributed by atoms with Gasteiger partial charge in [0.2, 0.25) is 0 Å². The molecule has 1 aliphatic heterocycles. The van der Waals surface area contributed by atoms with Crippen molar-refractivity contribution in [2.75, 3.05) is 6.54 Å². The van der Waals surface area contributed by atoms with Gasteiger partial charge in [0, 0.05) is 11.1 Å². The normalized spacial score (nSPS) is 25.8. The van der Waals surface area contributed by atoms with E-state index in [1.807, 2.05) is 19.1 Å². The van der Waals surface area contributed by atoms with Gasteiger partial charge in [0.1, 0.15) is 12.3 Å². The molecular weight excluding hydrogens is 603 g/mol. The predicted molar refractivity (Wildman–Crippen MR) is 161 cm³/mol. The van der Waals surface area contributed by atoms with Gasteiger partial charge in [0.15, 0.2) is 5.78 Å². The van der Waals surface area contributed by atoms with Crippen molar-refractivity contribution in [2.24, 2.45) is 35.5 Å². The summed E-state index contributed by atoms with van der Waals surface area (Å²) < 4.78 is 5.43. The van der Waals surface area contributed by atoms with Gasteiger partial charge in [-0.15, -0.1) is 0 Å². The number of hydrogen-bond acceptors (Lipinski definition) is 6. The number of imide groups is 1. The van der Waals surface area contributed by atoms with E-state index in [2.05, 4.69) is 0 Å². The highest BCUT2D eigenvalue weighted by molar-refractivity contribution is 6.42. The van der Waals surface area contributed by atoms with Crippen molar-refractivity contribution in [3.63, 3.8) is 0 Å². The topological polar surface area (TPSA) is 101 Å². The van der Waals surface area contributed by atoms with E-state index in [1.165, 1.54) is 42.5 Å². The first-order valence-electron chi connectivity index (χ1n) is 14.4. The Morgan fingerprint density at radius 1 is 0.795 bits per heavy atom. The zero-order chi connectivity index (χ0) is 30.9. The van der Waals surface area contributed by atoms with Crippen LogP contribution in [0.2, 0.25) is 10.0 Å². The second-order valence-corrected chi connectivity index (χ2v) is 12.7. The van der Waals surface area contributed by atoms with Crippen molar-refractivity contribution in [1.29, 1.82) is 0 Å². The van der Waals surface area contributed by atoms with Crippen LogP contribution >= 0.6 is 23.2 Å². The van der Waals surface area contributed by atoms with E-state index >= 15 is 0 Å². The molecule has 1 heterocycles. The van der Waals surface area contributed by atoms with Crippen LogP contribution in [0.1, 0.15) is 43.1 Å². The maximum atomic E-state index is 13.9. The van der Waals surface area contributed by atoms with Crippen LogP contribution in [-0.4, -0.2) is 46.0 Å². The molecule has 2 saturated carbocycles. The lowest BCUT2D eigenvalue weighted by Gasteiger charge is -2.37. The first-order valence-corrected chi connectivity index (χ1v) is 15.1. The fourth-order valence-electron chi connectivity index (χ4n) is 6.98. The van der Waals surface area contributed by atoms with E-state index in [1.54, 1.807) is 24.3 Å². The third-order valence-corrected chi connectivity index (χ3v) is 9.99. The van der Waals surface area contributed by atoms with E-state index in [9.17, 15) is 24.0 Å². The number of aryl methyl sites for hydroxylation is 1. The number of benzene rings is 3. The number of ether oxygens (including phenoxy) is 1. The van der Waals surface area contributed by atoms with Crippen molar-refractivity contribution in [3.8, 4) is 5.75 Å². The Morgan fingerprint density at radius 2 is 1.36 bits per heavy atom. The highest BCUT2D eigenvalue weighted by atomic mass is 35.5. The summed E-state index contributed by atoms with van der Waals surface area (Å²) in [6.45, 7) is 1.34. The number of nitrogens with zero attached hydrogens (tertiary/aromatic N) is 2. The molecule has 1 saturated heterocycles. The lowest BCUT2D eigenvalue weighted by atomic mass is 9.63. The second kappa shape index (κ2) is 10.7. The summed E-state index contributed by atoms with van der Waals surface area (Å²) in [7, 11) is 0. The third-order valence-electron chi connectivity index (χ3n) is 9.25. The largest absolute Gasteiger partial charge is 0.423 e. The zero-order valence-corrected chi connectivity index (χ0v) is 25.0. The third kappa shape index (κ3) is 4.73. The minimum absolute atomic E-state index is 0.0516. The highest BCUT2D eigenvalue weighted by Gasteiger charge is 2.68. The van der Waals surface area contributed by atoms with E-state index in [0.717, 1.165) is 22.0 Å². The molecule has 10 heteroatoms. The molecule has 3 fully saturated rings. The second-order valence-electron chi connectivity index (χ2n) is 11.8. The van der Waals surface area contributed by atoms with Gasteiger partial charge >= 0.3 is 5.97 Å². The summed E-state index contributed by atoms with van der Waals surface area (Å²) in [5.74, 6) is -2.96. The fraction of sp³-hybridized carbons (Fsp3) is 0.265. The molecule has 3 amide bonds. The van der Waals surface area contributed by atoms with Gasteiger partial charge < -0.3 is 4.74 Å². The molecule has 0 unspecified atom stereocenters. The van der Waals surface area contributed by atoms with Crippen molar-refractivity contribution >= 4 is 52.7 Å². The minimum atomic E-state index is -0.730. The number of halogens is 2. The standard InChI is InChI=1S/C34H26Cl2N2O6/c1-17-2-4-19(5-3-17)34(43)44-21-9-6-18(7-10-21)28(39)16-37(31(40)20-8-13-26(35)27(36)14-20)38-32(41)29-22-11-12-23(25-15-24(22)25)30(29)33(38)42/h2-14,22-25,29-30H,15-16H2,1H3/t22-,23-,24-,25+,29-,30+/m0/s1. The molecule has 0 spiro atoms. The molecule has 44 heavy (non-hydrogen) atoms. The minimum Gasteiger partial charge on any atom is -0.423 e. The van der Waals surface area contributed by atoms with Gasteiger partial charge in [0.25, 0.3) is 17.7 Å². The molecule has 6 atom stereocenters. The number of rotatable bonds is 7. The van der Waals surface area contributed by atoms with E-state index in [0.29, 0.717) is 17.4 Å². The number of Topliss-reactive ketones (excluding diaryl/α,β-unsaturated/α-hetero) is 1. The Bertz CT molecular complexity index is 1730. The lowest BCUT2D eigenvalue weighted by Crippen LogP contribution is -2.52. The Hall–Kier alpha value is -4.27. The Labute approximate surface area is 263 Å². The maximum absolute atomic E-state index is 13.9. The molecule has 2 bridgehead atoms. The van der Waals surface area contributed by atoms with E-state index < -0.39 is 47.9 Å². The van der Waals surface area contributed by atoms with Gasteiger partial charge in [-0.05, 0) is 91.6 Å². The maximum Gasteiger partial charge on any atom is 0.343 e. The molecule has 3 aromatic rings. The molecule has 3 aromatic carbocycles. The van der Waals surface area contributed by atoms with Gasteiger partial charge in [0.05, 0.1) is 27.4 Å². The molecule has 0 radical (unpaired) electrons. The number of hydrogen-bond donors (Lipinski definition) is 0. The van der Waals surface area contributed by atoms with Crippen LogP contribution in [0, 0.1) is 42.4 Å². The first kappa shape index (κ1) is 28.5. The van der Waals surface area contributed by atoms with Crippen LogP contribution in [-0.2, 0) is 9.59 Å². The zero-order valence-electron chi connectivity index (χ0n) is 23.5. The number of amides is 3. The average Bonchev–Trinajstić information content (AvgIpc) is 3.80. The van der Waals surface area contributed by atoms with Crippen molar-refractivity contribution in [2.45, 2.75) is 13.3 Å². The number of ketones is 1. The van der Waals surface area contributed by atoms with E-state index in [-0.39, 0.29) is 38.8 Å². The van der Waals surface area contributed by atoms with Crippen LogP contribution in [0.15, 0.2) is 78.9 Å². The number of esters is 1. The summed E-state index contributed by atoms with van der Waals surface area (Å²) in [5, 5.41) is 2.17. The molecule has 4 aliphatic carbocycles. The summed E-state index contributed by atoms with van der Waals surface area (Å²) >= 11 is 12.2. The number of carbonyl (C=O) groups excluding carboxylic acids is 5. The number of allylic oxidation sites excluding steroid dienone is 2. The number of carbonyl (C=O) groups is 5. The van der Waals surface area contributed by atoms with Crippen molar-refractivity contribution < 1.29 is 28.7 Å². The van der Waals surface area contributed by atoms with Crippen molar-refractivity contribution in [3.05, 3.63) is 111 Å². The SMILES string of the molecule is Cc1ccc(C(=O)Oc2ccc(C(=O)CN(C(=O)c3ccc(Cl)c(Cl)c3)N3C(=O)[C@@H]4[C@H]5C=C[C@@H]([C@@H]6C[C@H]56)[C@@H]4C3=O)cc2)cc1. The fourth-order valence-corrected chi connectivity index (χ4v) is 7.28. The van der Waals surface area contributed by atoms with Gasteiger partial charge in [-0.3, -0.25) is 19.2 Å². The average molecular weight is 629 g/mol. The van der Waals surface area contributed by atoms with Crippen LogP contribution in [0.5, 0.6) is 5.75 Å². The summed E-state index contributed by atoms with van der Waals surface area (Å²) in [5.41, 5.74) is 1.66. The van der Waals surface area contributed by atoms with Crippen LogP contribution < -0.4 is 4.74 Å². The summed E-state index contributed by atoms with van der Waals surface area (Å²) in [6.07, 6.45) is 5.08. The quantitative estimate of drug-likeness (QED) is 0.108. The summed E-state index contributed by atoms with van der Waals surface area (Å²) in [6, 6.07) is 17.0. The molecule has 0 aromatic heterocycles. The van der Waals surface area contributed by atoms with Crippen LogP contribution in [0.3, 0.4) is 0 Å². The molecule has 8 rings (SSSR count). The van der Waals surface area contributed by atoms with Crippen LogP contribution in [0.4, 0.5) is 0 Å². The smallest absolute Gasteiger partial charge is 0.343 e. The number of hydrazine groups is 1. The molecule has 5 aliphatic rings.